The molecule has 2 rings (SSSR count). The van der Waals surface area contributed by atoms with Crippen molar-refractivity contribution in [3.63, 3.8) is 0 Å². The number of carboxylic acid groups (broad SMARTS) is 1. The highest BCUT2D eigenvalue weighted by atomic mass is 35.5. The predicted molar refractivity (Wildman–Crippen MR) is 80.2 cm³/mol. The van der Waals surface area contributed by atoms with Gasteiger partial charge in [0, 0.05) is 24.7 Å². The zero-order valence-corrected chi connectivity index (χ0v) is 12.7. The number of carbonyl (C=O) groups excluding carboxylic acids is 1. The first-order chi connectivity index (χ1) is 9.97. The summed E-state index contributed by atoms with van der Waals surface area (Å²) in [4.78, 5) is 25.1. The van der Waals surface area contributed by atoms with Gasteiger partial charge in [0.2, 0.25) is 0 Å². The fraction of sp³-hybridized carbons (Fsp3) is 0.467. The second-order valence-corrected chi connectivity index (χ2v) is 5.84. The molecule has 21 heavy (non-hydrogen) atoms. The molecule has 0 spiro atoms. The first-order valence-corrected chi connectivity index (χ1v) is 7.35. The Morgan fingerprint density at radius 2 is 2.24 bits per heavy atom. The van der Waals surface area contributed by atoms with E-state index in [1.165, 1.54) is 0 Å². The maximum atomic E-state index is 12.1. The first kappa shape index (κ1) is 15.6. The molecule has 1 aliphatic heterocycles. The van der Waals surface area contributed by atoms with E-state index in [-0.39, 0.29) is 12.6 Å². The lowest BCUT2D eigenvalue weighted by Gasteiger charge is -2.23. The van der Waals surface area contributed by atoms with Crippen LogP contribution in [0.5, 0.6) is 0 Å². The Kier molecular flexibility index (Phi) is 4.73. The molecule has 1 heterocycles. The largest absolute Gasteiger partial charge is 0.481 e. The minimum Gasteiger partial charge on any atom is -0.481 e. The van der Waals surface area contributed by atoms with Gasteiger partial charge in [0.15, 0.2) is 0 Å². The van der Waals surface area contributed by atoms with Crippen LogP contribution in [0, 0.1) is 5.41 Å². The minimum atomic E-state index is -0.824. The van der Waals surface area contributed by atoms with E-state index >= 15 is 0 Å². The Morgan fingerprint density at radius 3 is 2.81 bits per heavy atom. The molecular formula is C15H19ClN2O3. The number of nitrogens with one attached hydrogen (secondary N) is 1. The van der Waals surface area contributed by atoms with E-state index in [2.05, 4.69) is 5.32 Å². The van der Waals surface area contributed by atoms with Gasteiger partial charge in [-0.2, -0.15) is 0 Å². The number of aliphatic carboxylic acids is 1. The van der Waals surface area contributed by atoms with Gasteiger partial charge in [0.1, 0.15) is 0 Å². The fourth-order valence-corrected chi connectivity index (χ4v) is 2.81. The van der Waals surface area contributed by atoms with E-state index < -0.39 is 11.4 Å². The molecular weight excluding hydrogens is 292 g/mol. The average Bonchev–Trinajstić information content (AvgIpc) is 2.91. The van der Waals surface area contributed by atoms with Crippen molar-refractivity contribution in [1.29, 1.82) is 0 Å². The second kappa shape index (κ2) is 6.35. The summed E-state index contributed by atoms with van der Waals surface area (Å²) in [5.41, 5.74) is 0.114. The molecule has 2 amide bonds. The molecule has 2 N–H and O–H groups in total. The smallest absolute Gasteiger partial charge is 0.317 e. The van der Waals surface area contributed by atoms with Crippen LogP contribution < -0.4 is 5.32 Å². The number of carboxylic acids is 1. The number of urea groups is 1. The van der Waals surface area contributed by atoms with Gasteiger partial charge in [-0.1, -0.05) is 30.7 Å². The number of amides is 2. The fourth-order valence-electron chi connectivity index (χ4n) is 2.60. The molecule has 5 nitrogen and oxygen atoms in total. The monoisotopic (exact) mass is 310 g/mol. The van der Waals surface area contributed by atoms with Crippen molar-refractivity contribution in [2.75, 3.05) is 13.1 Å². The molecule has 1 fully saturated rings. The van der Waals surface area contributed by atoms with Crippen LogP contribution in [0.25, 0.3) is 0 Å². The molecule has 1 aliphatic rings. The number of hydrogen-bond donors (Lipinski definition) is 2. The van der Waals surface area contributed by atoms with Crippen LogP contribution in [-0.2, 0) is 11.3 Å². The molecule has 6 heteroatoms. The number of rotatable bonds is 4. The number of halogens is 1. The van der Waals surface area contributed by atoms with Crippen molar-refractivity contribution in [3.8, 4) is 0 Å². The topological polar surface area (TPSA) is 69.6 Å². The van der Waals surface area contributed by atoms with Crippen molar-refractivity contribution in [2.45, 2.75) is 26.3 Å². The van der Waals surface area contributed by atoms with Crippen molar-refractivity contribution in [1.82, 2.24) is 10.2 Å². The number of benzene rings is 1. The van der Waals surface area contributed by atoms with Crippen LogP contribution in [0.2, 0.25) is 5.02 Å². The number of carbonyl (C=O) groups is 2. The zero-order chi connectivity index (χ0) is 15.5. The third-order valence-corrected chi connectivity index (χ3v) is 4.34. The van der Waals surface area contributed by atoms with Crippen LogP contribution >= 0.6 is 11.6 Å². The number of hydrogen-bond acceptors (Lipinski definition) is 2. The maximum absolute atomic E-state index is 12.1. The summed E-state index contributed by atoms with van der Waals surface area (Å²) in [6, 6.07) is 7.04. The Bertz CT molecular complexity index is 549. The van der Waals surface area contributed by atoms with Gasteiger partial charge in [-0.3, -0.25) is 4.79 Å². The second-order valence-electron chi connectivity index (χ2n) is 5.40. The predicted octanol–water partition coefficient (Wildman–Crippen LogP) is 2.74. The lowest BCUT2D eigenvalue weighted by Crippen LogP contribution is -2.41. The van der Waals surface area contributed by atoms with Crippen molar-refractivity contribution in [2.24, 2.45) is 5.41 Å². The molecule has 0 aliphatic carbocycles. The minimum absolute atomic E-state index is 0.230. The third-order valence-electron chi connectivity index (χ3n) is 4.10. The summed E-state index contributed by atoms with van der Waals surface area (Å²) in [6.45, 7) is 2.96. The van der Waals surface area contributed by atoms with E-state index in [4.69, 9.17) is 11.6 Å². The van der Waals surface area contributed by atoms with Crippen LogP contribution in [-0.4, -0.2) is 35.1 Å². The Balaban J connectivity index is 1.92. The molecule has 114 valence electrons. The van der Waals surface area contributed by atoms with Gasteiger partial charge < -0.3 is 15.3 Å². The van der Waals surface area contributed by atoms with Gasteiger partial charge in [-0.25, -0.2) is 4.79 Å². The standard InChI is InChI=1S/C15H19ClN2O3/c1-2-15(13(19)20)6-7-18(10-15)14(21)17-9-11-4-3-5-12(16)8-11/h3-5,8H,2,6-7,9-10H2,1H3,(H,17,21)(H,19,20). The highest BCUT2D eigenvalue weighted by Crippen LogP contribution is 2.34. The summed E-state index contributed by atoms with van der Waals surface area (Å²) in [5.74, 6) is -0.824. The number of likely N-dealkylation sites (tertiary alicyclic amines) is 1. The Labute approximate surface area is 128 Å². The van der Waals surface area contributed by atoms with E-state index in [0.717, 1.165) is 5.56 Å². The summed E-state index contributed by atoms with van der Waals surface area (Å²) in [6.07, 6.45) is 1.03. The molecule has 0 saturated carbocycles. The third kappa shape index (κ3) is 3.47. The molecule has 0 bridgehead atoms. The summed E-state index contributed by atoms with van der Waals surface area (Å²) in [7, 11) is 0. The highest BCUT2D eigenvalue weighted by molar-refractivity contribution is 6.30. The van der Waals surface area contributed by atoms with Gasteiger partial charge in [0.25, 0.3) is 0 Å². The van der Waals surface area contributed by atoms with Crippen molar-refractivity contribution < 1.29 is 14.7 Å². The molecule has 1 unspecified atom stereocenters. The van der Waals surface area contributed by atoms with E-state index in [9.17, 15) is 14.7 Å². The van der Waals surface area contributed by atoms with Crippen molar-refractivity contribution in [3.05, 3.63) is 34.9 Å². The molecule has 0 radical (unpaired) electrons. The summed E-state index contributed by atoms with van der Waals surface area (Å²) >= 11 is 5.89. The van der Waals surface area contributed by atoms with E-state index in [1.54, 1.807) is 17.0 Å². The van der Waals surface area contributed by atoms with Gasteiger partial charge in [-0.05, 0) is 30.5 Å². The molecule has 1 saturated heterocycles. The number of nitrogens with zero attached hydrogens (tertiary/aromatic N) is 1. The van der Waals surface area contributed by atoms with Gasteiger partial charge in [0.05, 0.1) is 5.41 Å². The molecule has 0 aromatic heterocycles. The van der Waals surface area contributed by atoms with Crippen LogP contribution in [0.1, 0.15) is 25.3 Å². The first-order valence-electron chi connectivity index (χ1n) is 6.97. The maximum Gasteiger partial charge on any atom is 0.317 e. The Morgan fingerprint density at radius 1 is 1.48 bits per heavy atom. The molecule has 1 atom stereocenters. The molecule has 1 aromatic rings. The highest BCUT2D eigenvalue weighted by Gasteiger charge is 2.44. The lowest BCUT2D eigenvalue weighted by molar-refractivity contribution is -0.148. The van der Waals surface area contributed by atoms with E-state index in [0.29, 0.717) is 31.0 Å². The normalized spacial score (nSPS) is 21.3. The van der Waals surface area contributed by atoms with E-state index in [1.807, 2.05) is 19.1 Å². The summed E-state index contributed by atoms with van der Waals surface area (Å²) < 4.78 is 0. The van der Waals surface area contributed by atoms with Crippen LogP contribution in [0.3, 0.4) is 0 Å². The molecule has 1 aromatic carbocycles. The van der Waals surface area contributed by atoms with Crippen LogP contribution in [0.15, 0.2) is 24.3 Å². The quantitative estimate of drug-likeness (QED) is 0.898. The average molecular weight is 311 g/mol. The SMILES string of the molecule is CCC1(C(=O)O)CCN(C(=O)NCc2cccc(Cl)c2)C1. The van der Waals surface area contributed by atoms with Gasteiger partial charge in [-0.15, -0.1) is 0 Å². The Hall–Kier alpha value is -1.75. The van der Waals surface area contributed by atoms with Crippen LogP contribution in [0.4, 0.5) is 4.79 Å². The lowest BCUT2D eigenvalue weighted by atomic mass is 9.84. The summed E-state index contributed by atoms with van der Waals surface area (Å²) in [5, 5.41) is 12.8. The zero-order valence-electron chi connectivity index (χ0n) is 11.9. The van der Waals surface area contributed by atoms with Gasteiger partial charge >= 0.3 is 12.0 Å². The van der Waals surface area contributed by atoms with Crippen molar-refractivity contribution >= 4 is 23.6 Å².